The first-order valence-corrected chi connectivity index (χ1v) is 4.68. The van der Waals surface area contributed by atoms with Gasteiger partial charge in [0, 0.05) is 24.5 Å². The van der Waals surface area contributed by atoms with Crippen molar-refractivity contribution in [2.24, 2.45) is 0 Å². The van der Waals surface area contributed by atoms with E-state index in [1.54, 1.807) is 17.0 Å². The molecule has 0 bridgehead atoms. The number of nitrogen functional groups attached to an aromatic ring is 1. The first-order chi connectivity index (χ1) is 6.77. The topological polar surface area (TPSA) is 58.4 Å². The Morgan fingerprint density at radius 1 is 1.29 bits per heavy atom. The molecule has 0 unspecified atom stereocenters. The van der Waals surface area contributed by atoms with E-state index in [-0.39, 0.29) is 6.03 Å². The van der Waals surface area contributed by atoms with Crippen molar-refractivity contribution < 1.29 is 4.79 Å². The van der Waals surface area contributed by atoms with Crippen LogP contribution in [-0.2, 0) is 0 Å². The maximum Gasteiger partial charge on any atom is 0.321 e. The maximum absolute atomic E-state index is 11.5. The lowest BCUT2D eigenvalue weighted by atomic mass is 10.2. The molecule has 1 saturated heterocycles. The zero-order chi connectivity index (χ0) is 9.97. The van der Waals surface area contributed by atoms with Crippen molar-refractivity contribution in [1.82, 2.24) is 5.32 Å². The van der Waals surface area contributed by atoms with Gasteiger partial charge in [-0.3, -0.25) is 4.90 Å². The van der Waals surface area contributed by atoms with Gasteiger partial charge in [0.05, 0.1) is 0 Å². The monoisotopic (exact) mass is 191 g/mol. The Morgan fingerprint density at radius 3 is 2.64 bits per heavy atom. The van der Waals surface area contributed by atoms with Crippen molar-refractivity contribution in [2.75, 3.05) is 23.7 Å². The summed E-state index contributed by atoms with van der Waals surface area (Å²) < 4.78 is 0. The van der Waals surface area contributed by atoms with Crippen LogP contribution in [-0.4, -0.2) is 19.1 Å². The maximum atomic E-state index is 11.5. The third-order valence-electron chi connectivity index (χ3n) is 2.28. The van der Waals surface area contributed by atoms with E-state index in [0.717, 1.165) is 25.2 Å². The molecule has 0 radical (unpaired) electrons. The fraction of sp³-hybridized carbons (Fsp3) is 0.300. The highest BCUT2D eigenvalue weighted by molar-refractivity contribution is 5.92. The number of nitrogens with one attached hydrogen (secondary N) is 1. The van der Waals surface area contributed by atoms with Gasteiger partial charge in [-0.1, -0.05) is 0 Å². The summed E-state index contributed by atoms with van der Waals surface area (Å²) in [5.41, 5.74) is 7.19. The molecule has 1 aliphatic heterocycles. The Balaban J connectivity index is 2.20. The largest absolute Gasteiger partial charge is 0.399 e. The van der Waals surface area contributed by atoms with Gasteiger partial charge in [0.1, 0.15) is 0 Å². The summed E-state index contributed by atoms with van der Waals surface area (Å²) >= 11 is 0. The van der Waals surface area contributed by atoms with Gasteiger partial charge in [-0.05, 0) is 30.7 Å². The molecule has 3 N–H and O–H groups in total. The standard InChI is InChI=1S/C10H13N3O/c11-8-2-4-9(5-3-8)13-7-1-6-12-10(13)14/h2-5H,1,6-7,11H2,(H,12,14). The Labute approximate surface area is 82.7 Å². The van der Waals surface area contributed by atoms with Crippen LogP contribution in [0, 0.1) is 0 Å². The van der Waals surface area contributed by atoms with Crippen molar-refractivity contribution in [3.8, 4) is 0 Å². The highest BCUT2D eigenvalue weighted by Crippen LogP contribution is 2.17. The van der Waals surface area contributed by atoms with E-state index in [2.05, 4.69) is 5.32 Å². The highest BCUT2D eigenvalue weighted by Gasteiger charge is 2.18. The lowest BCUT2D eigenvalue weighted by Crippen LogP contribution is -2.46. The number of benzene rings is 1. The molecule has 4 heteroatoms. The number of nitrogens with zero attached hydrogens (tertiary/aromatic N) is 1. The molecule has 4 nitrogen and oxygen atoms in total. The van der Waals surface area contributed by atoms with Crippen LogP contribution in [0.4, 0.5) is 16.2 Å². The molecule has 0 atom stereocenters. The van der Waals surface area contributed by atoms with Crippen LogP contribution in [0.5, 0.6) is 0 Å². The number of hydrogen-bond donors (Lipinski definition) is 2. The number of anilines is 2. The minimum Gasteiger partial charge on any atom is -0.399 e. The zero-order valence-corrected chi connectivity index (χ0v) is 7.86. The first-order valence-electron chi connectivity index (χ1n) is 4.68. The van der Waals surface area contributed by atoms with Crippen LogP contribution in [0.15, 0.2) is 24.3 Å². The highest BCUT2D eigenvalue weighted by atomic mass is 16.2. The van der Waals surface area contributed by atoms with Gasteiger partial charge in [-0.2, -0.15) is 0 Å². The Bertz CT molecular complexity index is 334. The summed E-state index contributed by atoms with van der Waals surface area (Å²) in [5.74, 6) is 0. The van der Waals surface area contributed by atoms with Crippen LogP contribution in [0.3, 0.4) is 0 Å². The number of amides is 2. The summed E-state index contributed by atoms with van der Waals surface area (Å²) in [5, 5.41) is 2.80. The van der Waals surface area contributed by atoms with Gasteiger partial charge in [0.15, 0.2) is 0 Å². The van der Waals surface area contributed by atoms with Crippen LogP contribution in [0.2, 0.25) is 0 Å². The van der Waals surface area contributed by atoms with E-state index in [1.165, 1.54) is 0 Å². The van der Waals surface area contributed by atoms with E-state index < -0.39 is 0 Å². The lowest BCUT2D eigenvalue weighted by molar-refractivity contribution is 0.243. The third-order valence-corrected chi connectivity index (χ3v) is 2.28. The predicted octanol–water partition coefficient (Wildman–Crippen LogP) is 1.19. The first kappa shape index (κ1) is 8.87. The molecular weight excluding hydrogens is 178 g/mol. The van der Waals surface area contributed by atoms with Crippen LogP contribution < -0.4 is 16.0 Å². The van der Waals surface area contributed by atoms with E-state index >= 15 is 0 Å². The van der Waals surface area contributed by atoms with Gasteiger partial charge in [0.2, 0.25) is 0 Å². The summed E-state index contributed by atoms with van der Waals surface area (Å²) in [6.45, 7) is 1.54. The van der Waals surface area contributed by atoms with Crippen molar-refractivity contribution in [3.63, 3.8) is 0 Å². The number of nitrogens with two attached hydrogens (primary N) is 1. The molecule has 1 aliphatic rings. The van der Waals surface area contributed by atoms with Crippen molar-refractivity contribution in [3.05, 3.63) is 24.3 Å². The fourth-order valence-electron chi connectivity index (χ4n) is 1.53. The lowest BCUT2D eigenvalue weighted by Gasteiger charge is -2.27. The van der Waals surface area contributed by atoms with Gasteiger partial charge >= 0.3 is 6.03 Å². The Kier molecular flexibility index (Phi) is 2.26. The second-order valence-corrected chi connectivity index (χ2v) is 3.33. The Hall–Kier alpha value is -1.71. The molecular formula is C10H13N3O. The smallest absolute Gasteiger partial charge is 0.321 e. The van der Waals surface area contributed by atoms with Gasteiger partial charge in [-0.25, -0.2) is 4.79 Å². The summed E-state index contributed by atoms with van der Waals surface area (Å²) in [4.78, 5) is 13.2. The van der Waals surface area contributed by atoms with Gasteiger partial charge in [-0.15, -0.1) is 0 Å². The second kappa shape index (κ2) is 3.57. The molecule has 1 aromatic carbocycles. The van der Waals surface area contributed by atoms with Crippen molar-refractivity contribution >= 4 is 17.4 Å². The number of urea groups is 1. The van der Waals surface area contributed by atoms with Crippen molar-refractivity contribution in [2.45, 2.75) is 6.42 Å². The number of carbonyl (C=O) groups excluding carboxylic acids is 1. The zero-order valence-electron chi connectivity index (χ0n) is 7.86. The van der Waals surface area contributed by atoms with E-state index in [0.29, 0.717) is 5.69 Å². The number of hydrogen-bond acceptors (Lipinski definition) is 2. The van der Waals surface area contributed by atoms with Crippen molar-refractivity contribution in [1.29, 1.82) is 0 Å². The summed E-state index contributed by atoms with van der Waals surface area (Å²) in [6.07, 6.45) is 0.982. The quantitative estimate of drug-likeness (QED) is 0.655. The molecule has 2 amide bonds. The minimum atomic E-state index is -0.0268. The van der Waals surface area contributed by atoms with E-state index in [1.807, 2.05) is 12.1 Å². The fourth-order valence-corrected chi connectivity index (χ4v) is 1.53. The van der Waals surface area contributed by atoms with Gasteiger partial charge in [0.25, 0.3) is 0 Å². The predicted molar refractivity (Wildman–Crippen MR) is 56.2 cm³/mol. The van der Waals surface area contributed by atoms with Gasteiger partial charge < -0.3 is 11.1 Å². The molecule has 1 fully saturated rings. The van der Waals surface area contributed by atoms with E-state index in [9.17, 15) is 4.79 Å². The normalized spacial score (nSPS) is 16.6. The molecule has 1 heterocycles. The second-order valence-electron chi connectivity index (χ2n) is 3.33. The molecule has 1 aromatic rings. The van der Waals surface area contributed by atoms with Crippen LogP contribution in [0.25, 0.3) is 0 Å². The minimum absolute atomic E-state index is 0.0268. The average Bonchev–Trinajstić information content (AvgIpc) is 2.20. The van der Waals surface area contributed by atoms with E-state index in [4.69, 9.17) is 5.73 Å². The SMILES string of the molecule is Nc1ccc(N2CCCNC2=O)cc1. The average molecular weight is 191 g/mol. The molecule has 14 heavy (non-hydrogen) atoms. The molecule has 0 spiro atoms. The molecule has 0 aromatic heterocycles. The summed E-state index contributed by atoms with van der Waals surface area (Å²) in [7, 11) is 0. The Morgan fingerprint density at radius 2 is 2.00 bits per heavy atom. The number of carbonyl (C=O) groups is 1. The van der Waals surface area contributed by atoms with Crippen LogP contribution >= 0.6 is 0 Å². The third kappa shape index (κ3) is 1.64. The molecule has 0 aliphatic carbocycles. The van der Waals surface area contributed by atoms with Crippen LogP contribution in [0.1, 0.15) is 6.42 Å². The summed E-state index contributed by atoms with van der Waals surface area (Å²) in [6, 6.07) is 7.30. The number of rotatable bonds is 1. The molecule has 0 saturated carbocycles. The molecule has 74 valence electrons. The molecule has 2 rings (SSSR count).